The molecular weight excluding hydrogens is 261 g/mol. The second-order valence-corrected chi connectivity index (χ2v) is 7.05. The number of ether oxygens (including phenoxy) is 1. The Bertz CT molecular complexity index is 443. The number of methoxy groups -OCH3 is 1. The van der Waals surface area contributed by atoms with Crippen molar-refractivity contribution in [3.8, 4) is 5.75 Å². The highest BCUT2D eigenvalue weighted by atomic mass is 31.2. The topological polar surface area (TPSA) is 47.9 Å². The van der Waals surface area contributed by atoms with E-state index < -0.39 is 7.37 Å². The predicted octanol–water partition coefficient (Wildman–Crippen LogP) is 3.60. The lowest BCUT2D eigenvalue weighted by Crippen LogP contribution is -1.94. The molecule has 0 radical (unpaired) electrons. The van der Waals surface area contributed by atoms with Crippen LogP contribution in [0.4, 0.5) is 0 Å². The lowest BCUT2D eigenvalue weighted by Gasteiger charge is -2.10. The van der Waals surface area contributed by atoms with Gasteiger partial charge in [-0.3, -0.25) is 9.56 Å². The van der Waals surface area contributed by atoms with Crippen LogP contribution in [0.3, 0.4) is 0 Å². The molecule has 0 aliphatic carbocycles. The van der Waals surface area contributed by atoms with Gasteiger partial charge in [-0.15, -0.1) is 0 Å². The van der Waals surface area contributed by atoms with E-state index in [-0.39, 0.29) is 0 Å². The van der Waals surface area contributed by atoms with Crippen molar-refractivity contribution >= 4 is 13.6 Å². The third-order valence-electron chi connectivity index (χ3n) is 2.63. The van der Waals surface area contributed by atoms with Gasteiger partial charge in [-0.05, 0) is 37.3 Å². The molecule has 19 heavy (non-hydrogen) atoms. The fraction of sp³-hybridized carbons (Fsp3) is 0.500. The molecule has 0 saturated heterocycles. The highest BCUT2D eigenvalue weighted by Crippen LogP contribution is 2.42. The van der Waals surface area contributed by atoms with Gasteiger partial charge in [-0.2, -0.15) is 0 Å². The van der Waals surface area contributed by atoms with E-state index in [1.165, 1.54) is 0 Å². The monoisotopic (exact) mass is 283 g/mol. The summed E-state index contributed by atoms with van der Waals surface area (Å²) in [5, 5.41) is 0. The fourth-order valence-electron chi connectivity index (χ4n) is 1.62. The largest absolute Gasteiger partial charge is 0.497 e. The smallest absolute Gasteiger partial charge is 0.200 e. The van der Waals surface area contributed by atoms with Crippen LogP contribution in [-0.2, 0) is 15.6 Å². The van der Waals surface area contributed by atoms with E-state index >= 15 is 0 Å². The minimum atomic E-state index is -2.42. The van der Waals surface area contributed by atoms with Crippen molar-refractivity contribution in [2.24, 2.45) is 4.99 Å². The Morgan fingerprint density at radius 2 is 2.00 bits per heavy atom. The zero-order chi connectivity index (χ0) is 14.1. The van der Waals surface area contributed by atoms with Crippen LogP contribution in [0.15, 0.2) is 29.3 Å². The zero-order valence-electron chi connectivity index (χ0n) is 11.8. The van der Waals surface area contributed by atoms with Crippen molar-refractivity contribution in [2.45, 2.75) is 19.9 Å². The van der Waals surface area contributed by atoms with Gasteiger partial charge in [0.25, 0.3) is 0 Å². The molecule has 1 atom stereocenters. The Balaban J connectivity index is 2.32. The van der Waals surface area contributed by atoms with Gasteiger partial charge >= 0.3 is 0 Å². The fourth-order valence-corrected chi connectivity index (χ4v) is 2.88. The van der Waals surface area contributed by atoms with Gasteiger partial charge in [0.05, 0.1) is 20.3 Å². The van der Waals surface area contributed by atoms with E-state index in [9.17, 15) is 4.57 Å². The maximum atomic E-state index is 11.8. The highest BCUT2D eigenvalue weighted by molar-refractivity contribution is 7.58. The Morgan fingerprint density at radius 1 is 1.32 bits per heavy atom. The summed E-state index contributed by atoms with van der Waals surface area (Å²) in [5.41, 5.74) is 1.13. The molecular formula is C14H22NO3P. The minimum absolute atomic E-state index is 0.497. The quantitative estimate of drug-likeness (QED) is 0.541. The van der Waals surface area contributed by atoms with Gasteiger partial charge in [-0.1, -0.05) is 12.1 Å². The minimum Gasteiger partial charge on any atom is -0.497 e. The Hall–Kier alpha value is -1.12. The standard InChI is InChI=1S/C14H22NO3P/c1-4-18-19(3,16)11-5-10-15-12-13-6-8-14(17-2)9-7-13/h6-10H,4-5,11-12H2,1-3H3. The first-order chi connectivity index (χ1) is 9.07. The molecule has 0 aliphatic rings. The number of hydrogen-bond donors (Lipinski definition) is 0. The van der Waals surface area contributed by atoms with Crippen LogP contribution in [0.5, 0.6) is 5.75 Å². The van der Waals surface area contributed by atoms with E-state index in [1.54, 1.807) is 13.8 Å². The van der Waals surface area contributed by atoms with Crippen molar-refractivity contribution in [1.82, 2.24) is 0 Å². The average Bonchev–Trinajstić information content (AvgIpc) is 2.39. The first-order valence-electron chi connectivity index (χ1n) is 6.39. The summed E-state index contributed by atoms with van der Waals surface area (Å²) < 4.78 is 22.1. The van der Waals surface area contributed by atoms with Crippen molar-refractivity contribution in [3.63, 3.8) is 0 Å². The van der Waals surface area contributed by atoms with Gasteiger partial charge < -0.3 is 9.26 Å². The van der Waals surface area contributed by atoms with E-state index in [4.69, 9.17) is 9.26 Å². The second-order valence-electron chi connectivity index (χ2n) is 4.32. The van der Waals surface area contributed by atoms with Gasteiger partial charge in [-0.25, -0.2) is 0 Å². The molecule has 106 valence electrons. The van der Waals surface area contributed by atoms with E-state index in [0.717, 1.165) is 11.3 Å². The van der Waals surface area contributed by atoms with Crippen LogP contribution >= 0.6 is 7.37 Å². The number of benzene rings is 1. The molecule has 5 heteroatoms. The van der Waals surface area contributed by atoms with Crippen molar-refractivity contribution in [1.29, 1.82) is 0 Å². The molecule has 0 aromatic heterocycles. The Morgan fingerprint density at radius 3 is 2.58 bits per heavy atom. The normalized spacial score (nSPS) is 14.5. The number of nitrogens with zero attached hydrogens (tertiary/aromatic N) is 1. The summed E-state index contributed by atoms with van der Waals surface area (Å²) in [4.78, 5) is 4.32. The molecule has 0 N–H and O–H groups in total. The van der Waals surface area contributed by atoms with Gasteiger partial charge in [0, 0.05) is 12.8 Å². The Labute approximate surface area is 115 Å². The molecule has 0 bridgehead atoms. The molecule has 0 spiro atoms. The maximum Gasteiger partial charge on any atom is 0.200 e. The van der Waals surface area contributed by atoms with Crippen LogP contribution in [0, 0.1) is 0 Å². The van der Waals surface area contributed by atoms with Crippen LogP contribution < -0.4 is 4.74 Å². The summed E-state index contributed by atoms with van der Waals surface area (Å²) in [6, 6.07) is 7.81. The summed E-state index contributed by atoms with van der Waals surface area (Å²) in [7, 11) is -0.776. The van der Waals surface area contributed by atoms with E-state index in [2.05, 4.69) is 4.99 Å². The zero-order valence-corrected chi connectivity index (χ0v) is 12.7. The van der Waals surface area contributed by atoms with Crippen molar-refractivity contribution in [3.05, 3.63) is 29.8 Å². The molecule has 1 aromatic carbocycles. The maximum absolute atomic E-state index is 11.8. The molecule has 0 saturated carbocycles. The van der Waals surface area contributed by atoms with Crippen LogP contribution in [0.2, 0.25) is 0 Å². The summed E-state index contributed by atoms with van der Waals surface area (Å²) in [5.74, 6) is 0.844. The summed E-state index contributed by atoms with van der Waals surface area (Å²) in [6.45, 7) is 4.66. The van der Waals surface area contributed by atoms with E-state index in [0.29, 0.717) is 25.7 Å². The molecule has 0 heterocycles. The molecule has 0 fully saturated rings. The predicted molar refractivity (Wildman–Crippen MR) is 79.8 cm³/mol. The molecule has 4 nitrogen and oxygen atoms in total. The first kappa shape index (κ1) is 15.9. The van der Waals surface area contributed by atoms with Crippen molar-refractivity contribution < 1.29 is 13.8 Å². The van der Waals surface area contributed by atoms with E-state index in [1.807, 2.05) is 37.4 Å². The molecule has 1 rings (SSSR count). The van der Waals surface area contributed by atoms with Crippen LogP contribution in [0.25, 0.3) is 0 Å². The number of hydrogen-bond acceptors (Lipinski definition) is 4. The Kier molecular flexibility index (Phi) is 6.82. The van der Waals surface area contributed by atoms with Gasteiger partial charge in [0.15, 0.2) is 0 Å². The third-order valence-corrected chi connectivity index (χ3v) is 4.50. The third kappa shape index (κ3) is 6.55. The van der Waals surface area contributed by atoms with Gasteiger partial charge in [0.2, 0.25) is 7.37 Å². The first-order valence-corrected chi connectivity index (χ1v) is 8.65. The van der Waals surface area contributed by atoms with Crippen LogP contribution in [0.1, 0.15) is 18.9 Å². The summed E-state index contributed by atoms with van der Waals surface area (Å²) >= 11 is 0. The van der Waals surface area contributed by atoms with Crippen molar-refractivity contribution in [2.75, 3.05) is 26.5 Å². The lowest BCUT2D eigenvalue weighted by atomic mass is 10.2. The second kappa shape index (κ2) is 8.13. The average molecular weight is 283 g/mol. The summed E-state index contributed by atoms with van der Waals surface area (Å²) in [6.07, 6.45) is 3.05. The van der Waals surface area contributed by atoms with Gasteiger partial charge in [0.1, 0.15) is 5.75 Å². The molecule has 0 amide bonds. The molecule has 1 unspecified atom stereocenters. The molecule has 1 aromatic rings. The molecule has 0 aliphatic heterocycles. The highest BCUT2D eigenvalue weighted by Gasteiger charge is 2.12. The lowest BCUT2D eigenvalue weighted by molar-refractivity contribution is 0.337. The number of aliphatic imine (C=N–C) groups is 1. The number of rotatable bonds is 8. The SMILES string of the molecule is CCOP(C)(=O)CCC=NCc1ccc(OC)cc1. The van der Waals surface area contributed by atoms with Crippen LogP contribution in [-0.4, -0.2) is 32.8 Å².